The Morgan fingerprint density at radius 3 is 2.41 bits per heavy atom. The number of nitrogens with zero attached hydrogens (tertiary/aromatic N) is 1. The fraction of sp³-hybridized carbons (Fsp3) is 0.350. The van der Waals surface area contributed by atoms with E-state index in [4.69, 9.17) is 9.47 Å². The Kier molecular flexibility index (Phi) is 7.98. The zero-order chi connectivity index (χ0) is 21.4. The summed E-state index contributed by atoms with van der Waals surface area (Å²) in [5.74, 6) is 0.212. The standard InChI is InChI=1S/C20H25FN2O5S/c1-27-18-9-8-15(12-19(18)28-2)10-11-22-20(24)14-23(29(3,25)26)13-16-6-4-5-7-17(16)21/h4-9,12H,10-11,13-14H2,1-3H3,(H,22,24). The van der Waals surface area contributed by atoms with E-state index in [1.807, 2.05) is 12.1 Å². The summed E-state index contributed by atoms with van der Waals surface area (Å²) < 4.78 is 49.2. The first-order valence-electron chi connectivity index (χ1n) is 8.90. The minimum Gasteiger partial charge on any atom is -0.493 e. The van der Waals surface area contributed by atoms with Crippen molar-refractivity contribution in [3.05, 3.63) is 59.4 Å². The summed E-state index contributed by atoms with van der Waals surface area (Å²) in [7, 11) is -0.605. The second kappa shape index (κ2) is 10.2. The van der Waals surface area contributed by atoms with Gasteiger partial charge in [0, 0.05) is 18.7 Å². The van der Waals surface area contributed by atoms with Crippen LogP contribution in [0.5, 0.6) is 11.5 Å². The molecule has 0 aliphatic rings. The third-order valence-electron chi connectivity index (χ3n) is 4.28. The molecule has 0 atom stereocenters. The maximum absolute atomic E-state index is 13.8. The molecule has 0 unspecified atom stereocenters. The SMILES string of the molecule is COc1ccc(CCNC(=O)CN(Cc2ccccc2F)S(C)(=O)=O)cc1OC. The Balaban J connectivity index is 1.94. The van der Waals surface area contributed by atoms with E-state index in [0.29, 0.717) is 24.5 Å². The van der Waals surface area contributed by atoms with Gasteiger partial charge < -0.3 is 14.8 Å². The Morgan fingerprint density at radius 2 is 1.79 bits per heavy atom. The van der Waals surface area contributed by atoms with Gasteiger partial charge in [-0.25, -0.2) is 12.8 Å². The van der Waals surface area contributed by atoms with E-state index in [2.05, 4.69) is 5.32 Å². The van der Waals surface area contributed by atoms with Crippen molar-refractivity contribution in [2.75, 3.05) is 33.6 Å². The number of sulfonamides is 1. The average Bonchev–Trinajstić information content (AvgIpc) is 2.68. The van der Waals surface area contributed by atoms with Gasteiger partial charge >= 0.3 is 0 Å². The Labute approximate surface area is 170 Å². The number of methoxy groups -OCH3 is 2. The van der Waals surface area contributed by atoms with Crippen molar-refractivity contribution in [2.24, 2.45) is 0 Å². The number of hydrogen-bond donors (Lipinski definition) is 1. The summed E-state index contributed by atoms with van der Waals surface area (Å²) in [6, 6.07) is 11.3. The maximum atomic E-state index is 13.8. The number of carbonyl (C=O) groups excluding carboxylic acids is 1. The minimum atomic E-state index is -3.69. The highest BCUT2D eigenvalue weighted by Gasteiger charge is 2.21. The highest BCUT2D eigenvalue weighted by molar-refractivity contribution is 7.88. The van der Waals surface area contributed by atoms with Crippen molar-refractivity contribution in [1.29, 1.82) is 0 Å². The Hall–Kier alpha value is -2.65. The number of rotatable bonds is 10. The summed E-state index contributed by atoms with van der Waals surface area (Å²) >= 11 is 0. The Bertz CT molecular complexity index is 950. The van der Waals surface area contributed by atoms with Crippen LogP contribution in [-0.2, 0) is 27.8 Å². The van der Waals surface area contributed by atoms with Crippen molar-refractivity contribution >= 4 is 15.9 Å². The lowest BCUT2D eigenvalue weighted by Gasteiger charge is -2.20. The molecule has 0 radical (unpaired) electrons. The summed E-state index contributed by atoms with van der Waals surface area (Å²) in [4.78, 5) is 12.2. The van der Waals surface area contributed by atoms with E-state index in [1.165, 1.54) is 18.2 Å². The second-order valence-electron chi connectivity index (χ2n) is 6.41. The molecule has 2 rings (SSSR count). The number of amides is 1. The first-order valence-corrected chi connectivity index (χ1v) is 10.8. The normalized spacial score (nSPS) is 11.3. The van der Waals surface area contributed by atoms with Crippen molar-refractivity contribution in [3.8, 4) is 11.5 Å². The van der Waals surface area contributed by atoms with Crippen molar-refractivity contribution in [3.63, 3.8) is 0 Å². The second-order valence-corrected chi connectivity index (χ2v) is 8.39. The third-order valence-corrected chi connectivity index (χ3v) is 5.47. The molecular weight excluding hydrogens is 399 g/mol. The van der Waals surface area contributed by atoms with Gasteiger partial charge in [0.15, 0.2) is 11.5 Å². The number of benzene rings is 2. The summed E-state index contributed by atoms with van der Waals surface area (Å²) in [5, 5.41) is 2.69. The Morgan fingerprint density at radius 1 is 1.10 bits per heavy atom. The first kappa shape index (κ1) is 22.6. The molecule has 0 saturated carbocycles. The lowest BCUT2D eigenvalue weighted by atomic mass is 10.1. The molecule has 0 aromatic heterocycles. The molecule has 1 N–H and O–H groups in total. The fourth-order valence-corrected chi connectivity index (χ4v) is 3.43. The van der Waals surface area contributed by atoms with Crippen LogP contribution in [0.1, 0.15) is 11.1 Å². The van der Waals surface area contributed by atoms with Crippen LogP contribution in [0.2, 0.25) is 0 Å². The summed E-state index contributed by atoms with van der Waals surface area (Å²) in [5.41, 5.74) is 1.13. The van der Waals surface area contributed by atoms with Gasteiger partial charge in [-0.15, -0.1) is 0 Å². The van der Waals surface area contributed by atoms with Crippen LogP contribution >= 0.6 is 0 Å². The van der Waals surface area contributed by atoms with Crippen LogP contribution in [0.25, 0.3) is 0 Å². The van der Waals surface area contributed by atoms with Gasteiger partial charge in [0.05, 0.1) is 27.0 Å². The van der Waals surface area contributed by atoms with E-state index in [-0.39, 0.29) is 18.7 Å². The molecule has 9 heteroatoms. The van der Waals surface area contributed by atoms with Crippen molar-refractivity contribution in [1.82, 2.24) is 9.62 Å². The first-order chi connectivity index (χ1) is 13.7. The molecule has 2 aromatic rings. The smallest absolute Gasteiger partial charge is 0.235 e. The summed E-state index contributed by atoms with van der Waals surface area (Å²) in [6.07, 6.45) is 1.52. The topological polar surface area (TPSA) is 84.9 Å². The predicted octanol–water partition coefficient (Wildman–Crippen LogP) is 1.96. The fourth-order valence-electron chi connectivity index (χ4n) is 2.71. The van der Waals surface area contributed by atoms with E-state index in [0.717, 1.165) is 16.1 Å². The quantitative estimate of drug-likeness (QED) is 0.630. The van der Waals surface area contributed by atoms with Gasteiger partial charge in [-0.2, -0.15) is 4.31 Å². The zero-order valence-electron chi connectivity index (χ0n) is 16.6. The third kappa shape index (κ3) is 6.72. The van der Waals surface area contributed by atoms with E-state index in [1.54, 1.807) is 26.4 Å². The molecule has 2 aromatic carbocycles. The van der Waals surface area contributed by atoms with Crippen molar-refractivity contribution < 1.29 is 27.1 Å². The van der Waals surface area contributed by atoms with Gasteiger partial charge in [-0.3, -0.25) is 4.79 Å². The maximum Gasteiger partial charge on any atom is 0.235 e. The van der Waals surface area contributed by atoms with Crippen LogP contribution in [0.4, 0.5) is 4.39 Å². The van der Waals surface area contributed by atoms with Gasteiger partial charge in [0.2, 0.25) is 15.9 Å². The van der Waals surface area contributed by atoms with E-state index >= 15 is 0 Å². The molecule has 0 spiro atoms. The lowest BCUT2D eigenvalue weighted by Crippen LogP contribution is -2.40. The van der Waals surface area contributed by atoms with Gasteiger partial charge in [0.1, 0.15) is 5.82 Å². The molecule has 7 nitrogen and oxygen atoms in total. The van der Waals surface area contributed by atoms with E-state index in [9.17, 15) is 17.6 Å². The lowest BCUT2D eigenvalue weighted by molar-refractivity contribution is -0.121. The number of hydrogen-bond acceptors (Lipinski definition) is 5. The summed E-state index contributed by atoms with van der Waals surface area (Å²) in [6.45, 7) is -0.292. The molecule has 0 bridgehead atoms. The molecule has 0 fully saturated rings. The molecule has 158 valence electrons. The molecule has 0 saturated heterocycles. The number of nitrogens with one attached hydrogen (secondary N) is 1. The zero-order valence-corrected chi connectivity index (χ0v) is 17.5. The van der Waals surface area contributed by atoms with Crippen LogP contribution in [-0.4, -0.2) is 52.2 Å². The van der Waals surface area contributed by atoms with Crippen LogP contribution in [0.3, 0.4) is 0 Å². The molecular formula is C20H25FN2O5S. The number of carbonyl (C=O) groups is 1. The number of ether oxygens (including phenoxy) is 2. The largest absolute Gasteiger partial charge is 0.493 e. The highest BCUT2D eigenvalue weighted by Crippen LogP contribution is 2.27. The monoisotopic (exact) mass is 424 g/mol. The molecule has 0 aliphatic carbocycles. The van der Waals surface area contributed by atoms with Gasteiger partial charge in [-0.05, 0) is 30.2 Å². The van der Waals surface area contributed by atoms with Crippen molar-refractivity contribution in [2.45, 2.75) is 13.0 Å². The highest BCUT2D eigenvalue weighted by atomic mass is 32.2. The molecule has 29 heavy (non-hydrogen) atoms. The number of halogens is 1. The van der Waals surface area contributed by atoms with Crippen LogP contribution in [0.15, 0.2) is 42.5 Å². The van der Waals surface area contributed by atoms with Crippen LogP contribution in [0, 0.1) is 5.82 Å². The minimum absolute atomic E-state index is 0.205. The molecule has 1 amide bonds. The molecule has 0 heterocycles. The predicted molar refractivity (Wildman–Crippen MR) is 108 cm³/mol. The van der Waals surface area contributed by atoms with Crippen LogP contribution < -0.4 is 14.8 Å². The van der Waals surface area contributed by atoms with Gasteiger partial charge in [0.25, 0.3) is 0 Å². The molecule has 0 aliphatic heterocycles. The van der Waals surface area contributed by atoms with E-state index < -0.39 is 21.7 Å². The van der Waals surface area contributed by atoms with Gasteiger partial charge in [-0.1, -0.05) is 24.3 Å². The average molecular weight is 424 g/mol.